The Morgan fingerprint density at radius 2 is 2.28 bits per heavy atom. The Bertz CT molecular complexity index is 356. The molecule has 0 saturated heterocycles. The van der Waals surface area contributed by atoms with E-state index in [1.165, 1.54) is 31.4 Å². The normalized spacial score (nSPS) is 24.7. The number of rotatable bonds is 5. The average molecular weight is 249 g/mol. The first-order valence-electron chi connectivity index (χ1n) is 7.37. The zero-order chi connectivity index (χ0) is 13.0. The van der Waals surface area contributed by atoms with Gasteiger partial charge in [0, 0.05) is 32.3 Å². The molecule has 3 heteroatoms. The van der Waals surface area contributed by atoms with Crippen LogP contribution in [0.2, 0.25) is 0 Å². The summed E-state index contributed by atoms with van der Waals surface area (Å²) in [6.45, 7) is 5.79. The van der Waals surface area contributed by atoms with Crippen LogP contribution in [0.15, 0.2) is 12.3 Å². The van der Waals surface area contributed by atoms with E-state index in [0.717, 1.165) is 30.8 Å². The molecule has 0 aromatic carbocycles. The molecule has 0 aliphatic heterocycles. The lowest BCUT2D eigenvalue weighted by Crippen LogP contribution is -2.36. The fourth-order valence-corrected chi connectivity index (χ4v) is 3.02. The van der Waals surface area contributed by atoms with Gasteiger partial charge in [0.05, 0.1) is 5.69 Å². The van der Waals surface area contributed by atoms with Crippen molar-refractivity contribution in [2.24, 2.45) is 18.9 Å². The maximum atomic E-state index is 4.41. The maximum absolute atomic E-state index is 4.41. The second-order valence-corrected chi connectivity index (χ2v) is 6.05. The molecule has 1 aliphatic rings. The van der Waals surface area contributed by atoms with E-state index in [2.05, 4.69) is 30.3 Å². The van der Waals surface area contributed by atoms with Gasteiger partial charge >= 0.3 is 0 Å². The number of nitrogens with one attached hydrogen (secondary N) is 1. The molecule has 1 aliphatic carbocycles. The highest BCUT2D eigenvalue weighted by Gasteiger charge is 2.23. The third-order valence-corrected chi connectivity index (χ3v) is 4.24. The van der Waals surface area contributed by atoms with Crippen LogP contribution in [0.3, 0.4) is 0 Å². The Kier molecular flexibility index (Phi) is 4.81. The fourth-order valence-electron chi connectivity index (χ4n) is 3.02. The largest absolute Gasteiger partial charge is 0.314 e. The Morgan fingerprint density at radius 3 is 2.94 bits per heavy atom. The van der Waals surface area contributed by atoms with Crippen LogP contribution >= 0.6 is 0 Å². The minimum Gasteiger partial charge on any atom is -0.314 e. The summed E-state index contributed by atoms with van der Waals surface area (Å²) in [5, 5.41) is 8.13. The van der Waals surface area contributed by atoms with Crippen LogP contribution < -0.4 is 5.32 Å². The molecule has 0 radical (unpaired) electrons. The summed E-state index contributed by atoms with van der Waals surface area (Å²) in [6, 6.07) is 2.84. The van der Waals surface area contributed by atoms with E-state index < -0.39 is 0 Å². The molecule has 1 saturated carbocycles. The molecule has 1 aromatic heterocycles. The second kappa shape index (κ2) is 6.37. The molecule has 2 rings (SSSR count). The van der Waals surface area contributed by atoms with Gasteiger partial charge in [0.2, 0.25) is 0 Å². The predicted molar refractivity (Wildman–Crippen MR) is 75.5 cm³/mol. The van der Waals surface area contributed by atoms with Crippen molar-refractivity contribution in [3.05, 3.63) is 18.0 Å². The first kappa shape index (κ1) is 13.6. The zero-order valence-electron chi connectivity index (χ0n) is 12.0. The molecule has 0 bridgehead atoms. The number of aromatic nitrogens is 2. The molecule has 2 atom stereocenters. The summed E-state index contributed by atoms with van der Waals surface area (Å²) in [4.78, 5) is 0. The zero-order valence-corrected chi connectivity index (χ0v) is 12.0. The molecule has 102 valence electrons. The van der Waals surface area contributed by atoms with E-state index in [1.807, 2.05) is 17.9 Å². The van der Waals surface area contributed by atoms with E-state index in [4.69, 9.17) is 0 Å². The van der Waals surface area contributed by atoms with Crippen molar-refractivity contribution in [3.63, 3.8) is 0 Å². The Balaban J connectivity index is 1.70. The predicted octanol–water partition coefficient (Wildman–Crippen LogP) is 2.77. The molecule has 0 spiro atoms. The van der Waals surface area contributed by atoms with Crippen LogP contribution in [0, 0.1) is 11.8 Å². The minimum absolute atomic E-state index is 0.731. The van der Waals surface area contributed by atoms with Gasteiger partial charge in [-0.15, -0.1) is 0 Å². The minimum atomic E-state index is 0.731. The molecule has 1 heterocycles. The van der Waals surface area contributed by atoms with Crippen LogP contribution in [-0.2, 0) is 13.5 Å². The summed E-state index contributed by atoms with van der Waals surface area (Å²) in [5.74, 6) is 1.76. The van der Waals surface area contributed by atoms with Crippen LogP contribution in [0.4, 0.5) is 0 Å². The molecular formula is C15H27N3. The average Bonchev–Trinajstić information content (AvgIpc) is 2.75. The smallest absolute Gasteiger partial charge is 0.0637 e. The van der Waals surface area contributed by atoms with Crippen molar-refractivity contribution in [2.45, 2.75) is 52.0 Å². The highest BCUT2D eigenvalue weighted by Crippen LogP contribution is 2.29. The van der Waals surface area contributed by atoms with Crippen molar-refractivity contribution < 1.29 is 0 Å². The molecular weight excluding hydrogens is 222 g/mol. The lowest BCUT2D eigenvalue weighted by atomic mass is 9.79. The Labute approximate surface area is 111 Å². The van der Waals surface area contributed by atoms with Crippen molar-refractivity contribution >= 4 is 0 Å². The van der Waals surface area contributed by atoms with E-state index in [1.54, 1.807) is 0 Å². The quantitative estimate of drug-likeness (QED) is 0.869. The SMILES string of the molecule is CC(C)C1CCCC(NCCc2ccn(C)n2)C1. The maximum Gasteiger partial charge on any atom is 0.0637 e. The lowest BCUT2D eigenvalue weighted by molar-refractivity contribution is 0.232. The molecule has 0 amide bonds. The van der Waals surface area contributed by atoms with Crippen molar-refractivity contribution in [1.82, 2.24) is 15.1 Å². The fraction of sp³-hybridized carbons (Fsp3) is 0.800. The van der Waals surface area contributed by atoms with Crippen molar-refractivity contribution in [1.29, 1.82) is 0 Å². The van der Waals surface area contributed by atoms with Gasteiger partial charge < -0.3 is 5.32 Å². The summed E-state index contributed by atoms with van der Waals surface area (Å²) in [6.07, 6.45) is 8.60. The summed E-state index contributed by atoms with van der Waals surface area (Å²) in [5.41, 5.74) is 1.20. The van der Waals surface area contributed by atoms with E-state index in [9.17, 15) is 0 Å². The van der Waals surface area contributed by atoms with Gasteiger partial charge in [-0.1, -0.05) is 26.7 Å². The highest BCUT2D eigenvalue weighted by molar-refractivity contribution is 4.99. The monoisotopic (exact) mass is 249 g/mol. The standard InChI is InChI=1S/C15H27N3/c1-12(2)13-5-4-6-15(11-13)16-9-7-14-8-10-18(3)17-14/h8,10,12-13,15-16H,4-7,9,11H2,1-3H3. The summed E-state index contributed by atoms with van der Waals surface area (Å²) in [7, 11) is 1.98. The van der Waals surface area contributed by atoms with E-state index >= 15 is 0 Å². The van der Waals surface area contributed by atoms with E-state index in [-0.39, 0.29) is 0 Å². The first-order valence-corrected chi connectivity index (χ1v) is 7.37. The van der Waals surface area contributed by atoms with Gasteiger partial charge in [-0.05, 0) is 30.7 Å². The van der Waals surface area contributed by atoms with Crippen LogP contribution in [0.1, 0.15) is 45.2 Å². The van der Waals surface area contributed by atoms with Gasteiger partial charge in [0.25, 0.3) is 0 Å². The molecule has 1 fully saturated rings. The summed E-state index contributed by atoms with van der Waals surface area (Å²) < 4.78 is 1.88. The molecule has 1 N–H and O–H groups in total. The number of aryl methyl sites for hydroxylation is 1. The summed E-state index contributed by atoms with van der Waals surface area (Å²) >= 11 is 0. The third kappa shape index (κ3) is 3.84. The van der Waals surface area contributed by atoms with Gasteiger partial charge in [-0.25, -0.2) is 0 Å². The van der Waals surface area contributed by atoms with Crippen molar-refractivity contribution in [3.8, 4) is 0 Å². The van der Waals surface area contributed by atoms with Crippen LogP contribution in [0.5, 0.6) is 0 Å². The van der Waals surface area contributed by atoms with Gasteiger partial charge in [0.1, 0.15) is 0 Å². The Hall–Kier alpha value is -0.830. The van der Waals surface area contributed by atoms with Crippen LogP contribution in [-0.4, -0.2) is 22.4 Å². The van der Waals surface area contributed by atoms with Gasteiger partial charge in [-0.3, -0.25) is 4.68 Å². The van der Waals surface area contributed by atoms with Crippen LogP contribution in [0.25, 0.3) is 0 Å². The lowest BCUT2D eigenvalue weighted by Gasteiger charge is -2.32. The third-order valence-electron chi connectivity index (χ3n) is 4.24. The second-order valence-electron chi connectivity index (χ2n) is 6.05. The molecule has 2 unspecified atom stereocenters. The highest BCUT2D eigenvalue weighted by atomic mass is 15.2. The molecule has 1 aromatic rings. The molecule has 18 heavy (non-hydrogen) atoms. The number of nitrogens with zero attached hydrogens (tertiary/aromatic N) is 2. The first-order chi connectivity index (χ1) is 8.65. The topological polar surface area (TPSA) is 29.9 Å². The number of hydrogen-bond acceptors (Lipinski definition) is 2. The van der Waals surface area contributed by atoms with Gasteiger partial charge in [-0.2, -0.15) is 5.10 Å². The Morgan fingerprint density at radius 1 is 1.44 bits per heavy atom. The van der Waals surface area contributed by atoms with Crippen molar-refractivity contribution in [2.75, 3.05) is 6.54 Å². The molecule has 3 nitrogen and oxygen atoms in total. The number of hydrogen-bond donors (Lipinski definition) is 1. The van der Waals surface area contributed by atoms with Gasteiger partial charge in [0.15, 0.2) is 0 Å². The van der Waals surface area contributed by atoms with E-state index in [0.29, 0.717) is 0 Å².